The molecule has 1 saturated heterocycles. The van der Waals surface area contributed by atoms with Gasteiger partial charge in [-0.25, -0.2) is 4.98 Å². The molecular formula is C19H15Cl2N3O3S2. The predicted octanol–water partition coefficient (Wildman–Crippen LogP) is 5.55. The van der Waals surface area contributed by atoms with Gasteiger partial charge in [0, 0.05) is 28.8 Å². The van der Waals surface area contributed by atoms with Crippen LogP contribution in [0.25, 0.3) is 11.3 Å². The Labute approximate surface area is 184 Å². The number of anilines is 2. The fraction of sp³-hybridized carbons (Fsp3) is 0.211. The Hall–Kier alpha value is -1.97. The van der Waals surface area contributed by atoms with Crippen LogP contribution in [-0.4, -0.2) is 29.5 Å². The largest absolute Gasteiger partial charge is 0.368 e. The Morgan fingerprint density at radius 1 is 1.21 bits per heavy atom. The van der Waals surface area contributed by atoms with E-state index in [1.165, 1.54) is 22.7 Å². The smallest absolute Gasteiger partial charge is 0.257 e. The van der Waals surface area contributed by atoms with Crippen molar-refractivity contribution < 1.29 is 14.3 Å². The number of thiophene rings is 1. The molecule has 4 rings (SSSR count). The Morgan fingerprint density at radius 2 is 2.07 bits per heavy atom. The van der Waals surface area contributed by atoms with Crippen LogP contribution in [-0.2, 0) is 9.53 Å². The van der Waals surface area contributed by atoms with Crippen LogP contribution < -0.4 is 10.6 Å². The van der Waals surface area contributed by atoms with E-state index in [1.807, 2.05) is 0 Å². The quantitative estimate of drug-likeness (QED) is 0.515. The molecule has 1 aliphatic heterocycles. The molecule has 0 saturated carbocycles. The van der Waals surface area contributed by atoms with E-state index in [9.17, 15) is 9.59 Å². The second-order valence-electron chi connectivity index (χ2n) is 6.30. The normalized spacial score (nSPS) is 16.0. The van der Waals surface area contributed by atoms with Crippen LogP contribution in [0.1, 0.15) is 23.2 Å². The van der Waals surface area contributed by atoms with Crippen molar-refractivity contribution in [2.45, 2.75) is 18.9 Å². The Morgan fingerprint density at radius 3 is 2.79 bits per heavy atom. The van der Waals surface area contributed by atoms with Crippen molar-refractivity contribution in [3.05, 3.63) is 49.9 Å². The van der Waals surface area contributed by atoms with Crippen LogP contribution in [0.5, 0.6) is 0 Å². The second-order valence-corrected chi connectivity index (χ2v) is 9.45. The first kappa shape index (κ1) is 20.3. The SMILES string of the molecule is O=C(Nc1nc(-c2cc(Cl)sc2Cl)cs1)c1cccc(NC(=O)C2CCCO2)c1. The van der Waals surface area contributed by atoms with Gasteiger partial charge >= 0.3 is 0 Å². The van der Waals surface area contributed by atoms with Gasteiger partial charge in [-0.3, -0.25) is 14.9 Å². The summed E-state index contributed by atoms with van der Waals surface area (Å²) in [5.74, 6) is -0.524. The molecule has 29 heavy (non-hydrogen) atoms. The summed E-state index contributed by atoms with van der Waals surface area (Å²) in [4.78, 5) is 29.2. The van der Waals surface area contributed by atoms with Gasteiger partial charge in [-0.05, 0) is 37.1 Å². The van der Waals surface area contributed by atoms with Crippen LogP contribution in [0.2, 0.25) is 8.67 Å². The zero-order valence-corrected chi connectivity index (χ0v) is 18.1. The highest BCUT2D eigenvalue weighted by Gasteiger charge is 2.23. The molecule has 3 aromatic rings. The molecule has 1 atom stereocenters. The molecule has 6 nitrogen and oxygen atoms in total. The molecule has 3 heterocycles. The standard InChI is InChI=1S/C19H15Cl2N3O3S2/c20-15-8-12(16(21)29-15)13-9-28-19(23-13)24-17(25)10-3-1-4-11(7-10)22-18(26)14-5-2-6-27-14/h1,3-4,7-9,14H,2,5-6H2,(H,22,26)(H,23,24,25). The molecular weight excluding hydrogens is 453 g/mol. The molecule has 0 aliphatic carbocycles. The first-order valence-electron chi connectivity index (χ1n) is 8.74. The summed E-state index contributed by atoms with van der Waals surface area (Å²) in [6.07, 6.45) is 1.15. The summed E-state index contributed by atoms with van der Waals surface area (Å²) in [6, 6.07) is 8.47. The molecule has 1 aliphatic rings. The van der Waals surface area contributed by atoms with Crippen molar-refractivity contribution >= 4 is 68.5 Å². The van der Waals surface area contributed by atoms with E-state index >= 15 is 0 Å². The van der Waals surface area contributed by atoms with Gasteiger partial charge in [0.05, 0.1) is 10.0 Å². The van der Waals surface area contributed by atoms with Crippen molar-refractivity contribution in [3.63, 3.8) is 0 Å². The van der Waals surface area contributed by atoms with E-state index < -0.39 is 6.10 Å². The number of nitrogens with one attached hydrogen (secondary N) is 2. The first-order valence-corrected chi connectivity index (χ1v) is 11.2. The lowest BCUT2D eigenvalue weighted by Crippen LogP contribution is -2.27. The number of thiazole rings is 1. The topological polar surface area (TPSA) is 80.3 Å². The summed E-state index contributed by atoms with van der Waals surface area (Å²) in [5.41, 5.74) is 2.33. The lowest BCUT2D eigenvalue weighted by Gasteiger charge is -2.11. The number of ether oxygens (including phenoxy) is 1. The van der Waals surface area contributed by atoms with Crippen LogP contribution in [0.15, 0.2) is 35.7 Å². The Balaban J connectivity index is 1.43. The first-order chi connectivity index (χ1) is 14.0. The van der Waals surface area contributed by atoms with Gasteiger partial charge in [-0.1, -0.05) is 29.3 Å². The van der Waals surface area contributed by atoms with E-state index in [2.05, 4.69) is 15.6 Å². The van der Waals surface area contributed by atoms with Crippen LogP contribution >= 0.6 is 45.9 Å². The lowest BCUT2D eigenvalue weighted by molar-refractivity contribution is -0.124. The molecule has 10 heteroatoms. The monoisotopic (exact) mass is 467 g/mol. The van der Waals surface area contributed by atoms with Gasteiger partial charge in [0.25, 0.3) is 11.8 Å². The molecule has 2 aromatic heterocycles. The van der Waals surface area contributed by atoms with Crippen molar-refractivity contribution in [1.29, 1.82) is 0 Å². The second kappa shape index (κ2) is 8.81. The van der Waals surface area contributed by atoms with Crippen LogP contribution in [0.3, 0.4) is 0 Å². The summed E-state index contributed by atoms with van der Waals surface area (Å²) in [7, 11) is 0. The van der Waals surface area contributed by atoms with E-state index in [1.54, 1.807) is 35.7 Å². The summed E-state index contributed by atoms with van der Waals surface area (Å²) in [6.45, 7) is 0.596. The number of halogens is 2. The third-order valence-electron chi connectivity index (χ3n) is 4.27. The maximum Gasteiger partial charge on any atom is 0.257 e. The summed E-state index contributed by atoms with van der Waals surface area (Å²) in [5, 5.41) is 7.81. The zero-order valence-electron chi connectivity index (χ0n) is 14.9. The lowest BCUT2D eigenvalue weighted by atomic mass is 10.1. The zero-order chi connectivity index (χ0) is 20.4. The third kappa shape index (κ3) is 4.79. The highest BCUT2D eigenvalue weighted by molar-refractivity contribution is 7.20. The summed E-state index contributed by atoms with van der Waals surface area (Å²) < 4.78 is 6.50. The molecule has 2 amide bonds. The fourth-order valence-electron chi connectivity index (χ4n) is 2.88. The molecule has 0 bridgehead atoms. The van der Waals surface area contributed by atoms with Crippen molar-refractivity contribution in [2.24, 2.45) is 0 Å². The Bertz CT molecular complexity index is 1060. The van der Waals surface area contributed by atoms with Crippen molar-refractivity contribution in [1.82, 2.24) is 4.98 Å². The predicted molar refractivity (Wildman–Crippen MR) is 117 cm³/mol. The van der Waals surface area contributed by atoms with Crippen LogP contribution in [0, 0.1) is 0 Å². The number of hydrogen-bond acceptors (Lipinski definition) is 6. The van der Waals surface area contributed by atoms with Gasteiger partial charge < -0.3 is 10.1 Å². The maximum atomic E-state index is 12.6. The van der Waals surface area contributed by atoms with Crippen LogP contribution in [0.4, 0.5) is 10.8 Å². The number of rotatable bonds is 5. The number of amides is 2. The van der Waals surface area contributed by atoms with Gasteiger partial charge in [0.15, 0.2) is 5.13 Å². The minimum absolute atomic E-state index is 0.198. The van der Waals surface area contributed by atoms with Crippen molar-refractivity contribution in [3.8, 4) is 11.3 Å². The van der Waals surface area contributed by atoms with Crippen molar-refractivity contribution in [2.75, 3.05) is 17.2 Å². The fourth-order valence-corrected chi connectivity index (χ4v) is 5.07. The van der Waals surface area contributed by atoms with E-state index in [0.29, 0.717) is 43.8 Å². The molecule has 1 unspecified atom stereocenters. The maximum absolute atomic E-state index is 12.6. The van der Waals surface area contributed by atoms with E-state index in [4.69, 9.17) is 27.9 Å². The number of carbonyl (C=O) groups excluding carboxylic acids is 2. The molecule has 1 aromatic carbocycles. The number of nitrogens with zero attached hydrogens (tertiary/aromatic N) is 1. The third-order valence-corrected chi connectivity index (χ3v) is 6.52. The highest BCUT2D eigenvalue weighted by Crippen LogP contribution is 2.39. The molecule has 0 spiro atoms. The highest BCUT2D eigenvalue weighted by atomic mass is 35.5. The van der Waals surface area contributed by atoms with Gasteiger partial charge in [0.2, 0.25) is 0 Å². The van der Waals surface area contributed by atoms with Gasteiger partial charge in [0.1, 0.15) is 10.4 Å². The minimum atomic E-state index is -0.432. The average Bonchev–Trinajstić information content (AvgIpc) is 3.43. The Kier molecular flexibility index (Phi) is 6.17. The number of aromatic nitrogens is 1. The minimum Gasteiger partial charge on any atom is -0.368 e. The number of carbonyl (C=O) groups is 2. The van der Waals surface area contributed by atoms with Gasteiger partial charge in [-0.2, -0.15) is 0 Å². The summed E-state index contributed by atoms with van der Waals surface area (Å²) >= 11 is 14.7. The molecule has 150 valence electrons. The molecule has 1 fully saturated rings. The molecule has 0 radical (unpaired) electrons. The van der Waals surface area contributed by atoms with Gasteiger partial charge in [-0.15, -0.1) is 22.7 Å². The average molecular weight is 468 g/mol. The number of hydrogen-bond donors (Lipinski definition) is 2. The molecule has 2 N–H and O–H groups in total. The van der Waals surface area contributed by atoms with E-state index in [-0.39, 0.29) is 11.8 Å². The number of benzene rings is 1. The van der Waals surface area contributed by atoms with E-state index in [0.717, 1.165) is 12.0 Å².